The van der Waals surface area contributed by atoms with Crippen LogP contribution in [-0.2, 0) is 6.18 Å². The van der Waals surface area contributed by atoms with Crippen LogP contribution in [-0.4, -0.2) is 10.5 Å². The lowest BCUT2D eigenvalue weighted by Crippen LogP contribution is -2.28. The molecule has 0 aliphatic rings. The van der Waals surface area contributed by atoms with Crippen molar-refractivity contribution in [1.82, 2.24) is 9.88 Å². The molecule has 0 fully saturated rings. The first-order chi connectivity index (χ1) is 17.3. The number of halogens is 3. The number of carbonyl (C=O) groups is 1. The van der Waals surface area contributed by atoms with Gasteiger partial charge in [-0.15, -0.1) is 0 Å². The van der Waals surface area contributed by atoms with Gasteiger partial charge in [0.2, 0.25) is 0 Å². The number of hydrogen-bond acceptors (Lipinski definition) is 1. The Labute approximate surface area is 207 Å². The molecule has 1 atom stereocenters. The number of amides is 1. The number of carbonyl (C=O) groups excluding carboxylic acids is 1. The molecule has 4 aromatic carbocycles. The van der Waals surface area contributed by atoms with Gasteiger partial charge in [0.15, 0.2) is 0 Å². The fourth-order valence-electron chi connectivity index (χ4n) is 4.70. The predicted molar refractivity (Wildman–Crippen MR) is 137 cm³/mol. The number of nitrogens with zero attached hydrogens (tertiary/aromatic N) is 1. The van der Waals surface area contributed by atoms with Crippen LogP contribution in [0.2, 0.25) is 0 Å². The summed E-state index contributed by atoms with van der Waals surface area (Å²) in [6.07, 6.45) is -3.64. The van der Waals surface area contributed by atoms with Crippen LogP contribution in [0.3, 0.4) is 0 Å². The van der Waals surface area contributed by atoms with Crippen molar-refractivity contribution in [1.29, 1.82) is 0 Å². The maximum atomic E-state index is 13.2. The van der Waals surface area contributed by atoms with E-state index >= 15 is 0 Å². The van der Waals surface area contributed by atoms with E-state index in [4.69, 9.17) is 0 Å². The van der Waals surface area contributed by atoms with Gasteiger partial charge in [0.05, 0.1) is 22.6 Å². The second-order valence-electron chi connectivity index (χ2n) is 8.98. The first kappa shape index (κ1) is 23.7. The Hall–Kier alpha value is -4.06. The van der Waals surface area contributed by atoms with Gasteiger partial charge < -0.3 is 9.88 Å². The van der Waals surface area contributed by atoms with Crippen molar-refractivity contribution in [2.24, 2.45) is 0 Å². The van der Waals surface area contributed by atoms with Gasteiger partial charge in [0.1, 0.15) is 0 Å². The second kappa shape index (κ2) is 9.19. The maximum absolute atomic E-state index is 13.2. The van der Waals surface area contributed by atoms with Crippen molar-refractivity contribution >= 4 is 27.7 Å². The Kier molecular flexibility index (Phi) is 6.04. The van der Waals surface area contributed by atoms with Gasteiger partial charge in [0, 0.05) is 22.0 Å². The predicted octanol–water partition coefficient (Wildman–Crippen LogP) is 7.99. The number of aromatic nitrogens is 1. The summed E-state index contributed by atoms with van der Waals surface area (Å²) < 4.78 is 41.3. The molecular weight excluding hydrogens is 461 g/mol. The first-order valence-corrected chi connectivity index (χ1v) is 11.8. The quantitative estimate of drug-likeness (QED) is 0.268. The molecule has 0 saturated carbocycles. The summed E-state index contributed by atoms with van der Waals surface area (Å²) in [6.45, 7) is 4.02. The molecular formula is C30H25F3N2O. The molecule has 0 aliphatic heterocycles. The Morgan fingerprint density at radius 3 is 2.14 bits per heavy atom. The summed E-state index contributed by atoms with van der Waals surface area (Å²) in [6, 6.07) is 26.4. The lowest BCUT2D eigenvalue weighted by molar-refractivity contribution is -0.137. The van der Waals surface area contributed by atoms with Crippen LogP contribution in [0.1, 0.15) is 46.4 Å². The summed E-state index contributed by atoms with van der Waals surface area (Å²) in [7, 11) is 0. The van der Waals surface area contributed by atoms with Crippen LogP contribution in [0, 0.1) is 6.92 Å². The van der Waals surface area contributed by atoms with Gasteiger partial charge in [-0.05, 0) is 73.5 Å². The minimum atomic E-state index is -4.39. The lowest BCUT2D eigenvalue weighted by Gasteiger charge is -2.17. The molecule has 0 spiro atoms. The normalized spacial score (nSPS) is 12.7. The van der Waals surface area contributed by atoms with Gasteiger partial charge in [-0.1, -0.05) is 48.9 Å². The molecule has 1 N–H and O–H groups in total. The van der Waals surface area contributed by atoms with E-state index in [1.807, 2.05) is 79.1 Å². The molecule has 182 valence electrons. The molecule has 1 unspecified atom stereocenters. The topological polar surface area (TPSA) is 34.0 Å². The molecule has 5 aromatic rings. The average Bonchev–Trinajstić information content (AvgIpc) is 3.20. The fourth-order valence-corrected chi connectivity index (χ4v) is 4.70. The number of alkyl halides is 3. The zero-order valence-corrected chi connectivity index (χ0v) is 19.9. The molecule has 1 amide bonds. The molecule has 1 aromatic heterocycles. The van der Waals surface area contributed by atoms with Crippen LogP contribution >= 0.6 is 0 Å². The van der Waals surface area contributed by atoms with Crippen molar-refractivity contribution < 1.29 is 18.0 Å². The van der Waals surface area contributed by atoms with E-state index in [1.165, 1.54) is 12.1 Å². The molecule has 1 heterocycles. The van der Waals surface area contributed by atoms with Crippen LogP contribution < -0.4 is 5.32 Å². The van der Waals surface area contributed by atoms with Gasteiger partial charge in [-0.25, -0.2) is 0 Å². The zero-order chi connectivity index (χ0) is 25.4. The average molecular weight is 487 g/mol. The molecule has 0 radical (unpaired) electrons. The van der Waals surface area contributed by atoms with Crippen molar-refractivity contribution in [3.63, 3.8) is 0 Å². The number of nitrogens with one attached hydrogen (secondary N) is 1. The van der Waals surface area contributed by atoms with Crippen LogP contribution in [0.25, 0.3) is 27.5 Å². The monoisotopic (exact) mass is 486 g/mol. The van der Waals surface area contributed by atoms with E-state index in [0.29, 0.717) is 11.3 Å². The number of rotatable bonds is 5. The second-order valence-corrected chi connectivity index (χ2v) is 8.98. The summed E-state index contributed by atoms with van der Waals surface area (Å²) in [5.41, 5.74) is 4.25. The number of benzene rings is 4. The van der Waals surface area contributed by atoms with Crippen LogP contribution in [0.5, 0.6) is 0 Å². The van der Waals surface area contributed by atoms with E-state index in [1.54, 1.807) is 6.07 Å². The van der Waals surface area contributed by atoms with E-state index in [-0.39, 0.29) is 11.9 Å². The van der Waals surface area contributed by atoms with Crippen molar-refractivity contribution in [3.05, 3.63) is 113 Å². The van der Waals surface area contributed by atoms with Crippen molar-refractivity contribution in [3.8, 4) is 5.69 Å². The summed E-state index contributed by atoms with van der Waals surface area (Å²) in [5, 5.41) is 4.94. The van der Waals surface area contributed by atoms with Crippen LogP contribution in [0.15, 0.2) is 91.0 Å². The molecule has 0 saturated heterocycles. The summed E-state index contributed by atoms with van der Waals surface area (Å²) >= 11 is 0. The van der Waals surface area contributed by atoms with Gasteiger partial charge >= 0.3 is 6.18 Å². The van der Waals surface area contributed by atoms with Crippen molar-refractivity contribution in [2.75, 3.05) is 0 Å². The third kappa shape index (κ3) is 4.35. The highest BCUT2D eigenvalue weighted by Gasteiger charge is 2.30. The SMILES string of the molecule is CCC(NC(=O)c1ccc2c(c1)c1cc(C)ccc1n2-c1ccc(C(F)(F)F)cc1)c1ccccc1. The van der Waals surface area contributed by atoms with Gasteiger partial charge in [-0.3, -0.25) is 4.79 Å². The number of hydrogen-bond donors (Lipinski definition) is 1. The largest absolute Gasteiger partial charge is 0.416 e. The molecule has 6 heteroatoms. The third-order valence-electron chi connectivity index (χ3n) is 6.55. The summed E-state index contributed by atoms with van der Waals surface area (Å²) in [4.78, 5) is 13.2. The maximum Gasteiger partial charge on any atom is 0.416 e. The van der Waals surface area contributed by atoms with Gasteiger partial charge in [-0.2, -0.15) is 13.2 Å². The Bertz CT molecular complexity index is 1550. The van der Waals surface area contributed by atoms with E-state index in [0.717, 1.165) is 51.5 Å². The first-order valence-electron chi connectivity index (χ1n) is 11.8. The minimum absolute atomic E-state index is 0.106. The fraction of sp³-hybridized carbons (Fsp3) is 0.167. The van der Waals surface area contributed by atoms with Crippen molar-refractivity contribution in [2.45, 2.75) is 32.5 Å². The highest BCUT2D eigenvalue weighted by Crippen LogP contribution is 2.35. The zero-order valence-electron chi connectivity index (χ0n) is 19.9. The smallest absolute Gasteiger partial charge is 0.345 e. The van der Waals surface area contributed by atoms with E-state index < -0.39 is 11.7 Å². The van der Waals surface area contributed by atoms with E-state index in [2.05, 4.69) is 5.32 Å². The Morgan fingerprint density at radius 2 is 1.50 bits per heavy atom. The standard InChI is InChI=1S/C30H25F3N2O/c1-3-26(20-7-5-4-6-8-20)34-29(36)21-10-16-28-25(18-21)24-17-19(2)9-15-27(24)35(28)23-13-11-22(12-14-23)30(31,32)33/h4-18,26H,3H2,1-2H3,(H,34,36). The van der Waals surface area contributed by atoms with E-state index in [9.17, 15) is 18.0 Å². The molecule has 0 bridgehead atoms. The summed E-state index contributed by atoms with van der Waals surface area (Å²) in [5.74, 6) is -0.171. The molecule has 3 nitrogen and oxygen atoms in total. The lowest BCUT2D eigenvalue weighted by atomic mass is 10.0. The third-order valence-corrected chi connectivity index (χ3v) is 6.55. The highest BCUT2D eigenvalue weighted by molar-refractivity contribution is 6.11. The minimum Gasteiger partial charge on any atom is -0.345 e. The molecule has 5 rings (SSSR count). The Balaban J connectivity index is 1.59. The number of aryl methyl sites for hydroxylation is 1. The Morgan fingerprint density at radius 1 is 0.861 bits per heavy atom. The molecule has 0 aliphatic carbocycles. The highest BCUT2D eigenvalue weighted by atomic mass is 19.4. The van der Waals surface area contributed by atoms with Gasteiger partial charge in [0.25, 0.3) is 5.91 Å². The molecule has 36 heavy (non-hydrogen) atoms. The van der Waals surface area contributed by atoms with Crippen LogP contribution in [0.4, 0.5) is 13.2 Å². The number of fused-ring (bicyclic) bond motifs is 3.